The topological polar surface area (TPSA) is 56.1 Å². The van der Waals surface area contributed by atoms with E-state index in [9.17, 15) is 4.79 Å². The van der Waals surface area contributed by atoms with Crippen LogP contribution in [0.15, 0.2) is 18.2 Å². The summed E-state index contributed by atoms with van der Waals surface area (Å²) in [5, 5.41) is 12.6. The molecule has 0 saturated heterocycles. The van der Waals surface area contributed by atoms with Crippen molar-refractivity contribution in [3.05, 3.63) is 28.8 Å². The molecule has 0 saturated carbocycles. The smallest absolute Gasteiger partial charge is 0.224 e. The van der Waals surface area contributed by atoms with Crippen molar-refractivity contribution in [1.29, 1.82) is 5.26 Å². The van der Waals surface area contributed by atoms with Gasteiger partial charge in [-0.25, -0.2) is 0 Å². The van der Waals surface area contributed by atoms with Crippen LogP contribution < -0.4 is 5.32 Å². The second-order valence-corrected chi connectivity index (χ2v) is 4.48. The fourth-order valence-corrected chi connectivity index (χ4v) is 1.97. The van der Waals surface area contributed by atoms with E-state index in [2.05, 4.69) is 11.4 Å². The van der Waals surface area contributed by atoms with E-state index < -0.39 is 0 Å². The average Bonchev–Trinajstić information content (AvgIpc) is 2.41. The van der Waals surface area contributed by atoms with Crippen LogP contribution in [0.5, 0.6) is 0 Å². The SMILES string of the molecule is CCN(CC)C(=O)CCNc1ccc(Cl)cc1C#N. The summed E-state index contributed by atoms with van der Waals surface area (Å²) in [6, 6.07) is 7.16. The van der Waals surface area contributed by atoms with E-state index >= 15 is 0 Å². The number of anilines is 1. The molecule has 5 heteroatoms. The first kappa shape index (κ1) is 15.3. The van der Waals surface area contributed by atoms with E-state index in [1.54, 1.807) is 23.1 Å². The Labute approximate surface area is 119 Å². The molecule has 0 fully saturated rings. The summed E-state index contributed by atoms with van der Waals surface area (Å²) in [7, 11) is 0. The first-order valence-electron chi connectivity index (χ1n) is 6.33. The lowest BCUT2D eigenvalue weighted by Gasteiger charge is -2.18. The molecule has 19 heavy (non-hydrogen) atoms. The predicted octanol–water partition coefficient (Wildman–Crippen LogP) is 2.88. The van der Waals surface area contributed by atoms with Crippen molar-refractivity contribution in [3.63, 3.8) is 0 Å². The van der Waals surface area contributed by atoms with Gasteiger partial charge in [0, 0.05) is 31.1 Å². The van der Waals surface area contributed by atoms with Crippen molar-refractivity contribution in [2.45, 2.75) is 20.3 Å². The van der Waals surface area contributed by atoms with Crippen LogP contribution in [0.3, 0.4) is 0 Å². The molecule has 1 rings (SSSR count). The van der Waals surface area contributed by atoms with Crippen LogP contribution in [0.1, 0.15) is 25.8 Å². The van der Waals surface area contributed by atoms with Gasteiger partial charge in [0.1, 0.15) is 6.07 Å². The van der Waals surface area contributed by atoms with Gasteiger partial charge in [0.05, 0.1) is 11.3 Å². The summed E-state index contributed by atoms with van der Waals surface area (Å²) < 4.78 is 0. The second-order valence-electron chi connectivity index (χ2n) is 4.04. The molecule has 0 spiro atoms. The van der Waals surface area contributed by atoms with Gasteiger partial charge in [-0.15, -0.1) is 0 Å². The summed E-state index contributed by atoms with van der Waals surface area (Å²) in [5.41, 5.74) is 1.20. The van der Waals surface area contributed by atoms with Crippen LogP contribution in [-0.4, -0.2) is 30.4 Å². The van der Waals surface area contributed by atoms with Crippen molar-refractivity contribution < 1.29 is 4.79 Å². The summed E-state index contributed by atoms with van der Waals surface area (Å²) >= 11 is 5.82. The number of nitriles is 1. The van der Waals surface area contributed by atoms with E-state index in [0.29, 0.717) is 29.2 Å². The molecule has 0 aliphatic rings. The van der Waals surface area contributed by atoms with Gasteiger partial charge in [-0.1, -0.05) is 11.6 Å². The minimum Gasteiger partial charge on any atom is -0.383 e. The fraction of sp³-hybridized carbons (Fsp3) is 0.429. The molecule has 4 nitrogen and oxygen atoms in total. The molecule has 0 radical (unpaired) electrons. The molecule has 0 bridgehead atoms. The molecule has 0 aromatic heterocycles. The molecule has 1 N–H and O–H groups in total. The Bertz CT molecular complexity index is 478. The van der Waals surface area contributed by atoms with Crippen molar-refractivity contribution in [3.8, 4) is 6.07 Å². The standard InChI is InChI=1S/C14H18ClN3O/c1-3-18(4-2)14(19)7-8-17-13-6-5-12(15)9-11(13)10-16/h5-6,9,17H,3-4,7-8H2,1-2H3. The molecule has 0 aliphatic carbocycles. The number of rotatable bonds is 6. The number of hydrogen-bond donors (Lipinski definition) is 1. The summed E-state index contributed by atoms with van der Waals surface area (Å²) in [5.74, 6) is 0.116. The van der Waals surface area contributed by atoms with E-state index in [4.69, 9.17) is 16.9 Å². The molecule has 1 aromatic rings. The minimum absolute atomic E-state index is 0.116. The Morgan fingerprint density at radius 3 is 2.68 bits per heavy atom. The maximum absolute atomic E-state index is 11.8. The molecule has 0 atom stereocenters. The van der Waals surface area contributed by atoms with Gasteiger partial charge >= 0.3 is 0 Å². The predicted molar refractivity (Wildman–Crippen MR) is 77.2 cm³/mol. The quantitative estimate of drug-likeness (QED) is 0.871. The van der Waals surface area contributed by atoms with Gasteiger partial charge < -0.3 is 10.2 Å². The Morgan fingerprint density at radius 1 is 1.42 bits per heavy atom. The van der Waals surface area contributed by atoms with Crippen LogP contribution >= 0.6 is 11.6 Å². The van der Waals surface area contributed by atoms with E-state index in [1.165, 1.54) is 0 Å². The van der Waals surface area contributed by atoms with Crippen LogP contribution in [0, 0.1) is 11.3 Å². The van der Waals surface area contributed by atoms with Crippen LogP contribution in [-0.2, 0) is 4.79 Å². The van der Waals surface area contributed by atoms with Crippen molar-refractivity contribution in [2.75, 3.05) is 25.0 Å². The third kappa shape index (κ3) is 4.46. The number of hydrogen-bond acceptors (Lipinski definition) is 3. The largest absolute Gasteiger partial charge is 0.383 e. The molecular formula is C14H18ClN3O. The van der Waals surface area contributed by atoms with E-state index in [0.717, 1.165) is 13.1 Å². The molecular weight excluding hydrogens is 262 g/mol. The first-order valence-corrected chi connectivity index (χ1v) is 6.71. The summed E-state index contributed by atoms with van der Waals surface area (Å²) in [6.45, 7) is 5.87. The van der Waals surface area contributed by atoms with E-state index in [-0.39, 0.29) is 5.91 Å². The van der Waals surface area contributed by atoms with Gasteiger partial charge in [0.2, 0.25) is 5.91 Å². The van der Waals surface area contributed by atoms with Crippen molar-refractivity contribution in [2.24, 2.45) is 0 Å². The van der Waals surface area contributed by atoms with Gasteiger partial charge in [-0.05, 0) is 32.0 Å². The lowest BCUT2D eigenvalue weighted by atomic mass is 10.2. The maximum atomic E-state index is 11.8. The third-order valence-corrected chi connectivity index (χ3v) is 3.11. The molecule has 0 heterocycles. The molecule has 0 aliphatic heterocycles. The van der Waals surface area contributed by atoms with Gasteiger partial charge in [0.15, 0.2) is 0 Å². The minimum atomic E-state index is 0.116. The first-order chi connectivity index (χ1) is 9.12. The Balaban J connectivity index is 2.54. The average molecular weight is 280 g/mol. The zero-order valence-corrected chi connectivity index (χ0v) is 12.0. The highest BCUT2D eigenvalue weighted by Gasteiger charge is 2.09. The van der Waals surface area contributed by atoms with Gasteiger partial charge in [0.25, 0.3) is 0 Å². The lowest BCUT2D eigenvalue weighted by molar-refractivity contribution is -0.130. The lowest BCUT2D eigenvalue weighted by Crippen LogP contribution is -2.31. The van der Waals surface area contributed by atoms with Crippen LogP contribution in [0.4, 0.5) is 5.69 Å². The normalized spacial score (nSPS) is 9.79. The summed E-state index contributed by atoms with van der Waals surface area (Å²) in [6.07, 6.45) is 0.412. The highest BCUT2D eigenvalue weighted by Crippen LogP contribution is 2.19. The van der Waals surface area contributed by atoms with Crippen LogP contribution in [0.2, 0.25) is 5.02 Å². The van der Waals surface area contributed by atoms with Crippen LogP contribution in [0.25, 0.3) is 0 Å². The zero-order chi connectivity index (χ0) is 14.3. The second kappa shape index (κ2) is 7.65. The Hall–Kier alpha value is -1.73. The monoisotopic (exact) mass is 279 g/mol. The number of amides is 1. The number of nitrogens with zero attached hydrogens (tertiary/aromatic N) is 2. The van der Waals surface area contributed by atoms with Gasteiger partial charge in [-0.2, -0.15) is 5.26 Å². The van der Waals surface area contributed by atoms with Crippen molar-refractivity contribution >= 4 is 23.2 Å². The third-order valence-electron chi connectivity index (χ3n) is 2.87. The van der Waals surface area contributed by atoms with Crippen molar-refractivity contribution in [1.82, 2.24) is 4.90 Å². The Kier molecular flexibility index (Phi) is 6.17. The molecule has 1 amide bonds. The zero-order valence-electron chi connectivity index (χ0n) is 11.2. The number of halogens is 1. The number of carbonyl (C=O) groups is 1. The fourth-order valence-electron chi connectivity index (χ4n) is 1.80. The number of carbonyl (C=O) groups excluding carboxylic acids is 1. The maximum Gasteiger partial charge on any atom is 0.224 e. The Morgan fingerprint density at radius 2 is 2.11 bits per heavy atom. The number of benzene rings is 1. The van der Waals surface area contributed by atoms with E-state index in [1.807, 2.05) is 13.8 Å². The molecule has 0 unspecified atom stereocenters. The highest BCUT2D eigenvalue weighted by atomic mass is 35.5. The summed E-state index contributed by atoms with van der Waals surface area (Å²) in [4.78, 5) is 13.6. The highest BCUT2D eigenvalue weighted by molar-refractivity contribution is 6.30. The molecule has 1 aromatic carbocycles. The number of nitrogens with one attached hydrogen (secondary N) is 1. The molecule has 102 valence electrons. The van der Waals surface area contributed by atoms with Gasteiger partial charge in [-0.3, -0.25) is 4.79 Å².